The van der Waals surface area contributed by atoms with Crippen LogP contribution in [0.4, 0.5) is 5.69 Å². The van der Waals surface area contributed by atoms with Gasteiger partial charge in [0.2, 0.25) is 0 Å². The van der Waals surface area contributed by atoms with E-state index in [9.17, 15) is 4.91 Å². The molecular weight excluding hydrogens is 203 g/mol. The lowest BCUT2D eigenvalue weighted by Crippen LogP contribution is -2.09. The Morgan fingerprint density at radius 3 is 2.33 bits per heavy atom. The van der Waals surface area contributed by atoms with E-state index in [0.29, 0.717) is 0 Å². The van der Waals surface area contributed by atoms with Gasteiger partial charge in [-0.1, -0.05) is 23.2 Å². The zero-order valence-corrected chi connectivity index (χ0v) is 7.54. The molecule has 1 rings (SSSR count). The van der Waals surface area contributed by atoms with Crippen molar-refractivity contribution in [1.82, 2.24) is 9.97 Å². The first-order valence-electron chi connectivity index (χ1n) is 2.89. The maximum Gasteiger partial charge on any atom is 0.159 e. The second-order valence-corrected chi connectivity index (χ2v) is 2.63. The highest BCUT2D eigenvalue weighted by Gasteiger charge is 2.12. The third kappa shape index (κ3) is 1.62. The molecule has 0 aromatic carbocycles. The number of nitroso groups, excluding NO2 is 1. The molecule has 1 aromatic heterocycles. The third-order valence-corrected chi connectivity index (χ3v) is 1.73. The van der Waals surface area contributed by atoms with Crippen LogP contribution in [0.1, 0.15) is 0 Å². The Balaban J connectivity index is 3.20. The van der Waals surface area contributed by atoms with E-state index < -0.39 is 0 Å². The van der Waals surface area contributed by atoms with E-state index >= 15 is 0 Å². The lowest BCUT2D eigenvalue weighted by molar-refractivity contribution is 0.979. The van der Waals surface area contributed by atoms with E-state index in [1.807, 2.05) is 0 Å². The van der Waals surface area contributed by atoms with Gasteiger partial charge in [0.25, 0.3) is 0 Å². The van der Waals surface area contributed by atoms with Crippen molar-refractivity contribution in [3.8, 4) is 0 Å². The topological polar surface area (TPSA) is 58.5 Å². The summed E-state index contributed by atoms with van der Waals surface area (Å²) in [6, 6.07) is 0. The van der Waals surface area contributed by atoms with E-state index in [2.05, 4.69) is 15.3 Å². The summed E-state index contributed by atoms with van der Waals surface area (Å²) in [6.45, 7) is 0. The van der Waals surface area contributed by atoms with Crippen LogP contribution in [0.15, 0.2) is 11.6 Å². The van der Waals surface area contributed by atoms with Crippen molar-refractivity contribution in [2.24, 2.45) is 5.29 Å². The monoisotopic (exact) mass is 206 g/mol. The summed E-state index contributed by atoms with van der Waals surface area (Å²) in [4.78, 5) is 17.4. The van der Waals surface area contributed by atoms with Crippen LogP contribution in [0.5, 0.6) is 0 Å². The van der Waals surface area contributed by atoms with Crippen molar-refractivity contribution in [1.29, 1.82) is 0 Å². The fraction of sp³-hybridized carbons (Fsp3) is 0.200. The van der Waals surface area contributed by atoms with Crippen LogP contribution in [0.2, 0.25) is 10.3 Å². The van der Waals surface area contributed by atoms with Crippen LogP contribution in [-0.2, 0) is 0 Å². The Bertz CT molecular complexity index is 285. The molecule has 0 bridgehead atoms. The highest BCUT2D eigenvalue weighted by Crippen LogP contribution is 2.28. The molecule has 1 aromatic rings. The molecule has 64 valence electrons. The summed E-state index contributed by atoms with van der Waals surface area (Å²) in [5.41, 5.74) is 0.204. The second kappa shape index (κ2) is 3.64. The van der Waals surface area contributed by atoms with Gasteiger partial charge in [-0.2, -0.15) is 0 Å². The van der Waals surface area contributed by atoms with Crippen LogP contribution in [0.3, 0.4) is 0 Å². The lowest BCUT2D eigenvalue weighted by Gasteiger charge is -2.09. The van der Waals surface area contributed by atoms with E-state index in [0.717, 1.165) is 5.01 Å². The molecule has 0 fully saturated rings. The molecule has 0 aliphatic heterocycles. The smallest absolute Gasteiger partial charge is 0.159 e. The van der Waals surface area contributed by atoms with Crippen molar-refractivity contribution in [3.63, 3.8) is 0 Å². The maximum atomic E-state index is 10.1. The standard InChI is InChI=1S/C5H4Cl2N4O/c1-11(10-12)3-4(6)8-2-9-5(3)7/h2H,1H3. The SMILES string of the molecule is CN(N=O)c1c(Cl)ncnc1Cl. The normalized spacial score (nSPS) is 9.58. The first-order valence-corrected chi connectivity index (χ1v) is 3.65. The number of aromatic nitrogens is 2. The average molecular weight is 207 g/mol. The number of hydrogen-bond acceptors (Lipinski definition) is 4. The molecule has 0 spiro atoms. The molecule has 0 saturated carbocycles. The van der Waals surface area contributed by atoms with Gasteiger partial charge in [-0.3, -0.25) is 0 Å². The van der Waals surface area contributed by atoms with Gasteiger partial charge in [-0.15, -0.1) is 4.91 Å². The molecule has 0 unspecified atom stereocenters. The van der Waals surface area contributed by atoms with Gasteiger partial charge in [0.15, 0.2) is 10.3 Å². The molecule has 0 amide bonds. The molecule has 1 heterocycles. The summed E-state index contributed by atoms with van der Waals surface area (Å²) in [7, 11) is 1.41. The van der Waals surface area contributed by atoms with Gasteiger partial charge in [0, 0.05) is 7.05 Å². The Morgan fingerprint density at radius 2 is 1.92 bits per heavy atom. The highest BCUT2D eigenvalue weighted by atomic mass is 35.5. The predicted molar refractivity (Wildman–Crippen MR) is 46.3 cm³/mol. The van der Waals surface area contributed by atoms with Crippen LogP contribution in [0.25, 0.3) is 0 Å². The first kappa shape index (κ1) is 9.15. The Labute approximate surface area is 78.3 Å². The first-order chi connectivity index (χ1) is 5.66. The Kier molecular flexibility index (Phi) is 2.78. The van der Waals surface area contributed by atoms with Crippen LogP contribution < -0.4 is 5.01 Å². The minimum atomic E-state index is 0.0945. The second-order valence-electron chi connectivity index (χ2n) is 1.91. The van der Waals surface area contributed by atoms with Crippen LogP contribution in [-0.4, -0.2) is 17.0 Å². The largest absolute Gasteiger partial charge is 0.226 e. The van der Waals surface area contributed by atoms with Crippen molar-refractivity contribution in [2.75, 3.05) is 12.1 Å². The fourth-order valence-corrected chi connectivity index (χ4v) is 1.20. The van der Waals surface area contributed by atoms with E-state index in [1.165, 1.54) is 13.4 Å². The minimum absolute atomic E-state index is 0.0945. The summed E-state index contributed by atoms with van der Waals surface area (Å²) >= 11 is 11.3. The number of anilines is 1. The summed E-state index contributed by atoms with van der Waals surface area (Å²) < 4.78 is 0. The van der Waals surface area contributed by atoms with Crippen molar-refractivity contribution in [3.05, 3.63) is 21.5 Å². The molecular formula is C5H4Cl2N4O. The quantitative estimate of drug-likeness (QED) is 0.422. The van der Waals surface area contributed by atoms with Crippen LogP contribution in [0, 0.1) is 4.91 Å². The molecule has 0 radical (unpaired) electrons. The van der Waals surface area contributed by atoms with E-state index in [1.54, 1.807) is 0 Å². The summed E-state index contributed by atoms with van der Waals surface area (Å²) in [6.07, 6.45) is 1.20. The maximum absolute atomic E-state index is 10.1. The third-order valence-electron chi connectivity index (χ3n) is 1.18. The zero-order valence-electron chi connectivity index (χ0n) is 6.03. The van der Waals surface area contributed by atoms with Crippen molar-refractivity contribution in [2.45, 2.75) is 0 Å². The molecule has 0 atom stereocenters. The van der Waals surface area contributed by atoms with Gasteiger partial charge in [-0.25, -0.2) is 15.0 Å². The van der Waals surface area contributed by atoms with Crippen molar-refractivity contribution >= 4 is 28.9 Å². The molecule has 7 heteroatoms. The number of nitrogens with zero attached hydrogens (tertiary/aromatic N) is 4. The van der Waals surface area contributed by atoms with Gasteiger partial charge in [-0.05, 0) is 0 Å². The summed E-state index contributed by atoms with van der Waals surface area (Å²) in [5.74, 6) is 0. The number of hydrogen-bond donors (Lipinski definition) is 0. The van der Waals surface area contributed by atoms with E-state index in [-0.39, 0.29) is 16.0 Å². The fourth-order valence-electron chi connectivity index (χ4n) is 0.646. The number of rotatable bonds is 2. The Hall–Kier alpha value is -0.940. The zero-order chi connectivity index (χ0) is 9.14. The molecule has 0 aliphatic carbocycles. The van der Waals surface area contributed by atoms with E-state index in [4.69, 9.17) is 23.2 Å². The molecule has 0 aliphatic rings. The summed E-state index contributed by atoms with van der Waals surface area (Å²) in [5, 5.41) is 3.77. The molecule has 0 N–H and O–H groups in total. The van der Waals surface area contributed by atoms with Gasteiger partial charge < -0.3 is 0 Å². The number of halogens is 2. The van der Waals surface area contributed by atoms with Gasteiger partial charge >= 0.3 is 0 Å². The molecule has 0 saturated heterocycles. The average Bonchev–Trinajstić information content (AvgIpc) is 2.03. The lowest BCUT2D eigenvalue weighted by atomic mass is 10.5. The molecule has 12 heavy (non-hydrogen) atoms. The highest BCUT2D eigenvalue weighted by molar-refractivity contribution is 6.37. The predicted octanol–water partition coefficient (Wildman–Crippen LogP) is 1.90. The molecule has 5 nitrogen and oxygen atoms in total. The van der Waals surface area contributed by atoms with Gasteiger partial charge in [0.1, 0.15) is 12.0 Å². The van der Waals surface area contributed by atoms with Gasteiger partial charge in [0.05, 0.1) is 5.29 Å². The van der Waals surface area contributed by atoms with Crippen LogP contribution >= 0.6 is 23.2 Å². The van der Waals surface area contributed by atoms with Crippen molar-refractivity contribution < 1.29 is 0 Å². The minimum Gasteiger partial charge on any atom is -0.226 e. The Morgan fingerprint density at radius 1 is 1.42 bits per heavy atom.